The second-order valence-corrected chi connectivity index (χ2v) is 8.23. The average Bonchev–Trinajstić information content (AvgIpc) is 3.20. The van der Waals surface area contributed by atoms with E-state index in [0.29, 0.717) is 10.8 Å². The number of benzene rings is 3. The van der Waals surface area contributed by atoms with Gasteiger partial charge >= 0.3 is 5.97 Å². The molecule has 1 aromatic heterocycles. The van der Waals surface area contributed by atoms with Crippen LogP contribution in [0, 0.1) is 0 Å². The number of hydrogen-bond donors (Lipinski definition) is 2. The molecule has 150 valence electrons. The summed E-state index contributed by atoms with van der Waals surface area (Å²) in [5.74, 6) is -1.12. The SMILES string of the molecule is Nc1cc2ccccc2cc1C(=O)OCC(=O)Nc1nc(-c2cccc(Br)c2)cs1. The van der Waals surface area contributed by atoms with Gasteiger partial charge in [-0.05, 0) is 35.0 Å². The number of amides is 1. The predicted molar refractivity (Wildman–Crippen MR) is 123 cm³/mol. The number of fused-ring (bicyclic) bond motifs is 1. The molecule has 1 amide bonds. The molecule has 3 aromatic carbocycles. The lowest BCUT2D eigenvalue weighted by molar-refractivity contribution is -0.119. The van der Waals surface area contributed by atoms with E-state index < -0.39 is 18.5 Å². The third-order valence-corrected chi connectivity index (χ3v) is 5.59. The summed E-state index contributed by atoms with van der Waals surface area (Å²) in [5, 5.41) is 6.71. The highest BCUT2D eigenvalue weighted by Gasteiger charge is 2.15. The maximum absolute atomic E-state index is 12.4. The molecule has 0 aliphatic heterocycles. The number of thiazole rings is 1. The molecule has 4 rings (SSSR count). The largest absolute Gasteiger partial charge is 0.452 e. The van der Waals surface area contributed by atoms with Gasteiger partial charge in [0.25, 0.3) is 5.91 Å². The lowest BCUT2D eigenvalue weighted by Crippen LogP contribution is -2.21. The first kappa shape index (κ1) is 20.1. The van der Waals surface area contributed by atoms with Gasteiger partial charge in [0.15, 0.2) is 11.7 Å². The molecule has 3 N–H and O–H groups in total. The van der Waals surface area contributed by atoms with E-state index in [1.165, 1.54) is 11.3 Å². The van der Waals surface area contributed by atoms with E-state index in [-0.39, 0.29) is 5.56 Å². The number of hydrogen-bond acceptors (Lipinski definition) is 6. The standard InChI is InChI=1S/C22H16BrN3O3S/c23-16-7-3-6-15(8-16)19-12-30-22(25-19)26-20(27)11-29-21(28)17-9-13-4-1-2-5-14(13)10-18(17)24/h1-10,12H,11,24H2,(H,25,26,27). The van der Waals surface area contributed by atoms with Crippen LogP contribution in [-0.2, 0) is 9.53 Å². The van der Waals surface area contributed by atoms with E-state index in [1.54, 1.807) is 12.1 Å². The van der Waals surface area contributed by atoms with Crippen LogP contribution in [0.3, 0.4) is 0 Å². The van der Waals surface area contributed by atoms with Gasteiger partial charge < -0.3 is 10.5 Å². The number of carbonyl (C=O) groups is 2. The summed E-state index contributed by atoms with van der Waals surface area (Å²) in [6.07, 6.45) is 0. The molecule has 0 aliphatic carbocycles. The second-order valence-electron chi connectivity index (χ2n) is 6.46. The number of nitrogen functional groups attached to an aromatic ring is 1. The number of halogens is 1. The molecule has 30 heavy (non-hydrogen) atoms. The normalized spacial score (nSPS) is 10.7. The highest BCUT2D eigenvalue weighted by molar-refractivity contribution is 9.10. The number of aromatic nitrogens is 1. The summed E-state index contributed by atoms with van der Waals surface area (Å²) < 4.78 is 6.08. The van der Waals surface area contributed by atoms with Crippen molar-refractivity contribution in [1.82, 2.24) is 4.98 Å². The Morgan fingerprint density at radius 1 is 1.07 bits per heavy atom. The highest BCUT2D eigenvalue weighted by Crippen LogP contribution is 2.27. The van der Waals surface area contributed by atoms with Crippen LogP contribution in [0.4, 0.5) is 10.8 Å². The summed E-state index contributed by atoms with van der Waals surface area (Å²) >= 11 is 4.72. The van der Waals surface area contributed by atoms with E-state index in [2.05, 4.69) is 26.2 Å². The Morgan fingerprint density at radius 2 is 1.83 bits per heavy atom. The minimum atomic E-state index is -0.651. The zero-order chi connectivity index (χ0) is 21.1. The Hall–Kier alpha value is -3.23. The highest BCUT2D eigenvalue weighted by atomic mass is 79.9. The Bertz CT molecular complexity index is 1260. The van der Waals surface area contributed by atoms with Crippen LogP contribution in [0.25, 0.3) is 22.0 Å². The molecule has 0 bridgehead atoms. The Balaban J connectivity index is 1.38. The summed E-state index contributed by atoms with van der Waals surface area (Å²) in [6.45, 7) is -0.434. The van der Waals surface area contributed by atoms with Gasteiger partial charge in [0.1, 0.15) is 0 Å². The molecule has 6 nitrogen and oxygen atoms in total. The van der Waals surface area contributed by atoms with Crippen molar-refractivity contribution >= 4 is 60.7 Å². The molecule has 0 radical (unpaired) electrons. The third-order valence-electron chi connectivity index (χ3n) is 4.34. The molecule has 0 saturated heterocycles. The number of esters is 1. The third kappa shape index (κ3) is 4.50. The molecule has 8 heteroatoms. The minimum Gasteiger partial charge on any atom is -0.452 e. The summed E-state index contributed by atoms with van der Waals surface area (Å²) in [4.78, 5) is 29.0. The second kappa shape index (κ2) is 8.64. The minimum absolute atomic E-state index is 0.229. The van der Waals surface area contributed by atoms with Gasteiger partial charge in [-0.2, -0.15) is 0 Å². The number of nitrogens with one attached hydrogen (secondary N) is 1. The first-order valence-corrected chi connectivity index (χ1v) is 10.6. The van der Waals surface area contributed by atoms with Gasteiger partial charge in [0, 0.05) is 21.1 Å². The molecule has 1 heterocycles. The fourth-order valence-electron chi connectivity index (χ4n) is 2.91. The number of ether oxygens (including phenoxy) is 1. The Labute approximate surface area is 184 Å². The Kier molecular flexibility index (Phi) is 5.78. The summed E-state index contributed by atoms with van der Waals surface area (Å²) in [6, 6.07) is 18.6. The van der Waals surface area contributed by atoms with Crippen LogP contribution in [0.1, 0.15) is 10.4 Å². The summed E-state index contributed by atoms with van der Waals surface area (Å²) in [5.41, 5.74) is 8.18. The van der Waals surface area contributed by atoms with Gasteiger partial charge in [0.05, 0.1) is 11.3 Å². The van der Waals surface area contributed by atoms with Crippen LogP contribution in [0.2, 0.25) is 0 Å². The van der Waals surface area contributed by atoms with E-state index in [0.717, 1.165) is 26.5 Å². The quantitative estimate of drug-likeness (QED) is 0.305. The van der Waals surface area contributed by atoms with Gasteiger partial charge in [0.2, 0.25) is 0 Å². The lowest BCUT2D eigenvalue weighted by Gasteiger charge is -2.08. The topological polar surface area (TPSA) is 94.3 Å². The van der Waals surface area contributed by atoms with Crippen LogP contribution in [0.15, 0.2) is 70.5 Å². The van der Waals surface area contributed by atoms with Gasteiger partial charge in [-0.1, -0.05) is 52.3 Å². The molecule has 0 unspecified atom stereocenters. The number of nitrogens with two attached hydrogens (primary N) is 1. The Morgan fingerprint density at radius 3 is 2.60 bits per heavy atom. The van der Waals surface area contributed by atoms with Crippen LogP contribution < -0.4 is 11.1 Å². The number of carbonyl (C=O) groups excluding carboxylic acids is 2. The van der Waals surface area contributed by atoms with Gasteiger partial charge in [-0.15, -0.1) is 11.3 Å². The van der Waals surface area contributed by atoms with Crippen LogP contribution in [-0.4, -0.2) is 23.5 Å². The number of nitrogens with zero attached hydrogens (tertiary/aromatic N) is 1. The molecule has 4 aromatic rings. The fourth-order valence-corrected chi connectivity index (χ4v) is 4.05. The summed E-state index contributed by atoms with van der Waals surface area (Å²) in [7, 11) is 0. The van der Waals surface area contributed by atoms with E-state index in [9.17, 15) is 9.59 Å². The monoisotopic (exact) mass is 481 g/mol. The molecule has 0 saturated carbocycles. The molecular formula is C22H16BrN3O3S. The fraction of sp³-hybridized carbons (Fsp3) is 0.0455. The van der Waals surface area contributed by atoms with Crippen molar-refractivity contribution in [3.05, 3.63) is 76.1 Å². The molecule has 0 fully saturated rings. The van der Waals surface area contributed by atoms with E-state index >= 15 is 0 Å². The molecule has 0 aliphatic rings. The zero-order valence-electron chi connectivity index (χ0n) is 15.6. The first-order chi connectivity index (χ1) is 14.5. The first-order valence-electron chi connectivity index (χ1n) is 8.96. The molecule has 0 spiro atoms. The molecule has 0 atom stereocenters. The van der Waals surface area contributed by atoms with Crippen LogP contribution >= 0.6 is 27.3 Å². The smallest absolute Gasteiger partial charge is 0.340 e. The van der Waals surface area contributed by atoms with E-state index in [1.807, 2.05) is 53.9 Å². The predicted octanol–water partition coefficient (Wildman–Crippen LogP) is 5.10. The van der Waals surface area contributed by atoms with Crippen molar-refractivity contribution in [2.24, 2.45) is 0 Å². The van der Waals surface area contributed by atoms with Crippen molar-refractivity contribution in [1.29, 1.82) is 0 Å². The van der Waals surface area contributed by atoms with Crippen LogP contribution in [0.5, 0.6) is 0 Å². The average molecular weight is 482 g/mol. The number of rotatable bonds is 5. The lowest BCUT2D eigenvalue weighted by atomic mass is 10.1. The van der Waals surface area contributed by atoms with Crippen molar-refractivity contribution in [3.63, 3.8) is 0 Å². The molecular weight excluding hydrogens is 466 g/mol. The van der Waals surface area contributed by atoms with Crippen molar-refractivity contribution in [2.45, 2.75) is 0 Å². The van der Waals surface area contributed by atoms with E-state index in [4.69, 9.17) is 10.5 Å². The van der Waals surface area contributed by atoms with Gasteiger partial charge in [-0.25, -0.2) is 9.78 Å². The van der Waals surface area contributed by atoms with Crippen molar-refractivity contribution in [2.75, 3.05) is 17.7 Å². The zero-order valence-corrected chi connectivity index (χ0v) is 18.0. The van der Waals surface area contributed by atoms with Gasteiger partial charge in [-0.3, -0.25) is 10.1 Å². The number of anilines is 2. The maximum Gasteiger partial charge on any atom is 0.340 e. The van der Waals surface area contributed by atoms with Crippen molar-refractivity contribution in [3.8, 4) is 11.3 Å². The van der Waals surface area contributed by atoms with Crippen molar-refractivity contribution < 1.29 is 14.3 Å². The maximum atomic E-state index is 12.4.